The number of carbonyl (C=O) groups excluding carboxylic acids is 1. The summed E-state index contributed by atoms with van der Waals surface area (Å²) in [6.07, 6.45) is 1.87. The Hall–Kier alpha value is -1.41. The highest BCUT2D eigenvalue weighted by molar-refractivity contribution is 7.89. The van der Waals surface area contributed by atoms with Gasteiger partial charge in [0.15, 0.2) is 0 Å². The second kappa shape index (κ2) is 5.30. The van der Waals surface area contributed by atoms with Crippen LogP contribution in [-0.4, -0.2) is 37.6 Å². The van der Waals surface area contributed by atoms with Gasteiger partial charge in [-0.25, -0.2) is 13.1 Å². The minimum absolute atomic E-state index is 0.00914. The maximum Gasteiger partial charge on any atom is 0.244 e. The summed E-state index contributed by atoms with van der Waals surface area (Å²) in [7, 11) is -3.58. The van der Waals surface area contributed by atoms with Crippen LogP contribution in [-0.2, 0) is 14.8 Å². The van der Waals surface area contributed by atoms with Crippen molar-refractivity contribution in [3.05, 3.63) is 11.4 Å². The standard InChI is InChI=1S/C11H18N4O3S/c1-7-10(8(2)15-14-7)19(17,18)13-6-5-12-11(16)9-3-4-9/h9,13H,3-6H2,1-2H3,(H,12,16)(H,14,15). The zero-order valence-corrected chi connectivity index (χ0v) is 11.8. The fourth-order valence-corrected chi connectivity index (χ4v) is 3.27. The molecule has 0 spiro atoms. The minimum Gasteiger partial charge on any atom is -0.355 e. The molecule has 8 heteroatoms. The Bertz CT molecular complexity index is 555. The first-order valence-electron chi connectivity index (χ1n) is 6.21. The summed E-state index contributed by atoms with van der Waals surface area (Å²) in [5.74, 6) is 0.143. The zero-order valence-electron chi connectivity index (χ0n) is 11.0. The van der Waals surface area contributed by atoms with E-state index in [1.54, 1.807) is 13.8 Å². The molecule has 0 bridgehead atoms. The predicted octanol–water partition coefficient (Wildman–Crippen LogP) is -0.169. The topological polar surface area (TPSA) is 104 Å². The molecule has 106 valence electrons. The molecule has 0 aromatic carbocycles. The molecule has 0 radical (unpaired) electrons. The summed E-state index contributed by atoms with van der Waals surface area (Å²) >= 11 is 0. The summed E-state index contributed by atoms with van der Waals surface area (Å²) in [5.41, 5.74) is 0.944. The smallest absolute Gasteiger partial charge is 0.244 e. The van der Waals surface area contributed by atoms with Gasteiger partial charge in [-0.05, 0) is 26.7 Å². The summed E-state index contributed by atoms with van der Waals surface area (Å²) in [4.78, 5) is 11.5. The van der Waals surface area contributed by atoms with Crippen molar-refractivity contribution in [1.29, 1.82) is 0 Å². The van der Waals surface area contributed by atoms with Crippen LogP contribution in [0.15, 0.2) is 4.90 Å². The van der Waals surface area contributed by atoms with Crippen molar-refractivity contribution in [2.24, 2.45) is 5.92 Å². The number of nitrogens with one attached hydrogen (secondary N) is 3. The number of aromatic amines is 1. The highest BCUT2D eigenvalue weighted by Gasteiger charge is 2.29. The molecule has 1 aliphatic carbocycles. The Labute approximate surface area is 112 Å². The van der Waals surface area contributed by atoms with Crippen molar-refractivity contribution in [3.8, 4) is 0 Å². The van der Waals surface area contributed by atoms with E-state index in [0.29, 0.717) is 17.9 Å². The average molecular weight is 286 g/mol. The Morgan fingerprint density at radius 1 is 1.37 bits per heavy atom. The van der Waals surface area contributed by atoms with E-state index in [1.807, 2.05) is 0 Å². The monoisotopic (exact) mass is 286 g/mol. The van der Waals surface area contributed by atoms with Crippen molar-refractivity contribution >= 4 is 15.9 Å². The second-order valence-electron chi connectivity index (χ2n) is 4.73. The van der Waals surface area contributed by atoms with Crippen LogP contribution >= 0.6 is 0 Å². The number of nitrogens with zero attached hydrogens (tertiary/aromatic N) is 1. The van der Waals surface area contributed by atoms with E-state index >= 15 is 0 Å². The van der Waals surface area contributed by atoms with Crippen molar-refractivity contribution in [3.63, 3.8) is 0 Å². The molecular weight excluding hydrogens is 268 g/mol. The number of aromatic nitrogens is 2. The Balaban J connectivity index is 1.86. The van der Waals surface area contributed by atoms with E-state index in [-0.39, 0.29) is 23.3 Å². The predicted molar refractivity (Wildman–Crippen MR) is 69.0 cm³/mol. The van der Waals surface area contributed by atoms with E-state index < -0.39 is 10.0 Å². The highest BCUT2D eigenvalue weighted by Crippen LogP contribution is 2.28. The molecule has 1 aromatic heterocycles. The van der Waals surface area contributed by atoms with Gasteiger partial charge in [-0.15, -0.1) is 0 Å². The van der Waals surface area contributed by atoms with Crippen LogP contribution in [0.3, 0.4) is 0 Å². The van der Waals surface area contributed by atoms with E-state index in [2.05, 4.69) is 20.2 Å². The molecule has 2 rings (SSSR count). The molecular formula is C11H18N4O3S. The normalized spacial score (nSPS) is 15.5. The van der Waals surface area contributed by atoms with Crippen molar-refractivity contribution < 1.29 is 13.2 Å². The molecule has 7 nitrogen and oxygen atoms in total. The van der Waals surface area contributed by atoms with Gasteiger partial charge in [0.25, 0.3) is 0 Å². The van der Waals surface area contributed by atoms with Gasteiger partial charge < -0.3 is 5.32 Å². The molecule has 1 heterocycles. The van der Waals surface area contributed by atoms with Crippen LogP contribution in [0.5, 0.6) is 0 Å². The molecule has 3 N–H and O–H groups in total. The molecule has 1 aromatic rings. The van der Waals surface area contributed by atoms with E-state index in [0.717, 1.165) is 12.8 Å². The van der Waals surface area contributed by atoms with Gasteiger partial charge in [0.1, 0.15) is 4.90 Å². The lowest BCUT2D eigenvalue weighted by molar-refractivity contribution is -0.122. The third-order valence-electron chi connectivity index (χ3n) is 2.99. The van der Waals surface area contributed by atoms with E-state index in [4.69, 9.17) is 0 Å². The van der Waals surface area contributed by atoms with Crippen LogP contribution in [0.4, 0.5) is 0 Å². The van der Waals surface area contributed by atoms with Gasteiger partial charge in [0.05, 0.1) is 11.4 Å². The van der Waals surface area contributed by atoms with Crippen LogP contribution in [0, 0.1) is 19.8 Å². The Kier molecular flexibility index (Phi) is 3.91. The van der Waals surface area contributed by atoms with Crippen molar-refractivity contribution in [1.82, 2.24) is 20.2 Å². The lowest BCUT2D eigenvalue weighted by atomic mass is 10.4. The fourth-order valence-electron chi connectivity index (χ4n) is 1.87. The first-order valence-corrected chi connectivity index (χ1v) is 7.69. The average Bonchev–Trinajstić information content (AvgIpc) is 3.11. The SMILES string of the molecule is Cc1n[nH]c(C)c1S(=O)(=O)NCCNC(=O)C1CC1. The third kappa shape index (κ3) is 3.32. The Morgan fingerprint density at radius 2 is 2.05 bits per heavy atom. The van der Waals surface area contributed by atoms with Gasteiger partial charge in [-0.1, -0.05) is 0 Å². The second-order valence-corrected chi connectivity index (χ2v) is 6.43. The van der Waals surface area contributed by atoms with Crippen LogP contribution in [0.1, 0.15) is 24.2 Å². The van der Waals surface area contributed by atoms with Gasteiger partial charge >= 0.3 is 0 Å². The first kappa shape index (κ1) is 14.0. The number of sulfonamides is 1. The maximum atomic E-state index is 12.0. The number of carbonyl (C=O) groups is 1. The van der Waals surface area contributed by atoms with E-state index in [9.17, 15) is 13.2 Å². The van der Waals surface area contributed by atoms with Gasteiger partial charge in [-0.3, -0.25) is 9.89 Å². The molecule has 19 heavy (non-hydrogen) atoms. The van der Waals surface area contributed by atoms with Crippen LogP contribution in [0.25, 0.3) is 0 Å². The van der Waals surface area contributed by atoms with Crippen molar-refractivity contribution in [2.75, 3.05) is 13.1 Å². The molecule has 0 saturated heterocycles. The number of amides is 1. The highest BCUT2D eigenvalue weighted by atomic mass is 32.2. The third-order valence-corrected chi connectivity index (χ3v) is 4.72. The van der Waals surface area contributed by atoms with Gasteiger partial charge in [0, 0.05) is 19.0 Å². The number of aryl methyl sites for hydroxylation is 2. The summed E-state index contributed by atoms with van der Waals surface area (Å²) < 4.78 is 26.5. The number of hydrogen-bond acceptors (Lipinski definition) is 4. The zero-order chi connectivity index (χ0) is 14.0. The first-order chi connectivity index (χ1) is 8.92. The summed E-state index contributed by atoms with van der Waals surface area (Å²) in [6.45, 7) is 3.76. The van der Waals surface area contributed by atoms with Gasteiger partial charge in [0.2, 0.25) is 15.9 Å². The number of rotatable bonds is 6. The summed E-state index contributed by atoms with van der Waals surface area (Å²) in [6, 6.07) is 0. The molecule has 0 unspecified atom stereocenters. The van der Waals surface area contributed by atoms with E-state index in [1.165, 1.54) is 0 Å². The van der Waals surface area contributed by atoms with Crippen LogP contribution < -0.4 is 10.0 Å². The summed E-state index contributed by atoms with van der Waals surface area (Å²) in [5, 5.41) is 9.19. The fraction of sp³-hybridized carbons (Fsp3) is 0.636. The quantitative estimate of drug-likeness (QED) is 0.632. The Morgan fingerprint density at radius 3 is 2.58 bits per heavy atom. The lowest BCUT2D eigenvalue weighted by Crippen LogP contribution is -2.35. The largest absolute Gasteiger partial charge is 0.355 e. The molecule has 0 aliphatic heterocycles. The van der Waals surface area contributed by atoms with Gasteiger partial charge in [-0.2, -0.15) is 5.10 Å². The molecule has 0 atom stereocenters. The maximum absolute atomic E-state index is 12.0. The molecule has 1 saturated carbocycles. The molecule has 1 amide bonds. The number of H-pyrrole nitrogens is 1. The molecule has 1 aliphatic rings. The number of hydrogen-bond donors (Lipinski definition) is 3. The van der Waals surface area contributed by atoms with Crippen molar-refractivity contribution in [2.45, 2.75) is 31.6 Å². The molecule has 1 fully saturated rings. The van der Waals surface area contributed by atoms with Crippen LogP contribution in [0.2, 0.25) is 0 Å². The lowest BCUT2D eigenvalue weighted by Gasteiger charge is -2.07. The minimum atomic E-state index is -3.58.